The number of ketones is 1. The van der Waals surface area contributed by atoms with E-state index in [2.05, 4.69) is 60.2 Å². The molecule has 0 amide bonds. The second-order valence-corrected chi connectivity index (χ2v) is 11.2. The molecule has 1 fully saturated rings. The summed E-state index contributed by atoms with van der Waals surface area (Å²) >= 11 is 0. The van der Waals surface area contributed by atoms with Gasteiger partial charge in [-0.3, -0.25) is 14.7 Å². The largest absolute Gasteiger partial charge is 0.457 e. The fourth-order valence-corrected chi connectivity index (χ4v) is 4.92. The van der Waals surface area contributed by atoms with Gasteiger partial charge in [-0.25, -0.2) is 4.98 Å². The topological polar surface area (TPSA) is 72.3 Å². The normalized spacial score (nSPS) is 14.5. The first kappa shape index (κ1) is 25.9. The average molecular weight is 512 g/mol. The third-order valence-corrected chi connectivity index (χ3v) is 7.09. The number of piperidine rings is 1. The Balaban J connectivity index is 1.28. The van der Waals surface area contributed by atoms with Crippen molar-refractivity contribution >= 4 is 28.5 Å². The predicted octanol–water partition coefficient (Wildman–Crippen LogP) is 6.40. The summed E-state index contributed by atoms with van der Waals surface area (Å²) < 4.78 is 8.19. The van der Waals surface area contributed by atoms with E-state index < -0.39 is 0 Å². The number of aromatic nitrogens is 3. The summed E-state index contributed by atoms with van der Waals surface area (Å²) in [6, 6.07) is 18.0. The number of Topliss-reactive ketones (excluding diaryl/α,β-unsaturated/α-hetero) is 1. The van der Waals surface area contributed by atoms with E-state index in [0.29, 0.717) is 24.5 Å². The standard InChI is InChI=1S/C31H37N5O2/c1-31(2,3)22-9-8-10-23(17-22)33-30-34-28-20-26(11-12-29(28)35(30)4)38-27-13-14-32-24(19-27)18-25(37)21-36-15-6-5-7-16-36/h8-14,17,19-20H,5-7,15-16,18,21H2,1-4H3,(H,33,34). The highest BCUT2D eigenvalue weighted by Gasteiger charge is 2.16. The molecule has 1 saturated heterocycles. The Morgan fingerprint density at radius 1 is 1.00 bits per heavy atom. The molecule has 5 rings (SSSR count). The minimum absolute atomic E-state index is 0.0731. The number of ether oxygens (including phenoxy) is 1. The summed E-state index contributed by atoms with van der Waals surface area (Å²) in [5.41, 5.74) is 4.92. The van der Waals surface area contributed by atoms with Crippen molar-refractivity contribution in [3.8, 4) is 11.5 Å². The molecule has 7 heteroatoms. The molecule has 38 heavy (non-hydrogen) atoms. The third-order valence-electron chi connectivity index (χ3n) is 7.09. The van der Waals surface area contributed by atoms with Crippen LogP contribution in [0.15, 0.2) is 60.8 Å². The van der Waals surface area contributed by atoms with Crippen LogP contribution in [0.2, 0.25) is 0 Å². The van der Waals surface area contributed by atoms with E-state index in [4.69, 9.17) is 9.72 Å². The van der Waals surface area contributed by atoms with Crippen LogP contribution in [-0.4, -0.2) is 44.9 Å². The van der Waals surface area contributed by atoms with Gasteiger partial charge in [0.15, 0.2) is 5.78 Å². The molecule has 3 heterocycles. The number of rotatable bonds is 8. The Hall–Kier alpha value is -3.71. The monoisotopic (exact) mass is 511 g/mol. The van der Waals surface area contributed by atoms with Crippen LogP contribution in [0.4, 0.5) is 11.6 Å². The number of likely N-dealkylation sites (tertiary alicyclic amines) is 1. The van der Waals surface area contributed by atoms with Gasteiger partial charge in [-0.2, -0.15) is 0 Å². The number of benzene rings is 2. The summed E-state index contributed by atoms with van der Waals surface area (Å²) in [5.74, 6) is 2.31. The van der Waals surface area contributed by atoms with Gasteiger partial charge in [-0.05, 0) is 67.2 Å². The van der Waals surface area contributed by atoms with Gasteiger partial charge in [0, 0.05) is 31.1 Å². The smallest absolute Gasteiger partial charge is 0.208 e. The molecule has 198 valence electrons. The lowest BCUT2D eigenvalue weighted by molar-refractivity contribution is -0.119. The van der Waals surface area contributed by atoms with Crippen LogP contribution >= 0.6 is 0 Å². The van der Waals surface area contributed by atoms with Crippen molar-refractivity contribution in [3.05, 3.63) is 72.1 Å². The molecule has 7 nitrogen and oxygen atoms in total. The summed E-state index contributed by atoms with van der Waals surface area (Å²) in [7, 11) is 2.00. The minimum Gasteiger partial charge on any atom is -0.457 e. The number of nitrogens with one attached hydrogen (secondary N) is 1. The number of pyridine rings is 1. The fraction of sp³-hybridized carbons (Fsp3) is 0.387. The van der Waals surface area contributed by atoms with Crippen molar-refractivity contribution < 1.29 is 9.53 Å². The van der Waals surface area contributed by atoms with E-state index in [1.165, 1.54) is 24.8 Å². The zero-order valence-corrected chi connectivity index (χ0v) is 22.8. The molecule has 2 aromatic carbocycles. The van der Waals surface area contributed by atoms with Crippen LogP contribution in [0.5, 0.6) is 11.5 Å². The second kappa shape index (κ2) is 11.0. The third kappa shape index (κ3) is 6.22. The summed E-state index contributed by atoms with van der Waals surface area (Å²) in [5, 5.41) is 3.47. The number of carbonyl (C=O) groups excluding carboxylic acids is 1. The Morgan fingerprint density at radius 3 is 2.58 bits per heavy atom. The van der Waals surface area contributed by atoms with Crippen LogP contribution in [0.3, 0.4) is 0 Å². The predicted molar refractivity (Wildman–Crippen MR) is 152 cm³/mol. The molecule has 0 aliphatic carbocycles. The SMILES string of the molecule is Cn1c(Nc2cccc(C(C)(C)C)c2)nc2cc(Oc3ccnc(CC(=O)CN4CCCCC4)c3)ccc21. The van der Waals surface area contributed by atoms with Crippen molar-refractivity contribution in [2.24, 2.45) is 7.05 Å². The highest BCUT2D eigenvalue weighted by atomic mass is 16.5. The van der Waals surface area contributed by atoms with Crippen molar-refractivity contribution in [2.75, 3.05) is 25.0 Å². The van der Waals surface area contributed by atoms with Crippen molar-refractivity contribution in [1.82, 2.24) is 19.4 Å². The maximum absolute atomic E-state index is 12.6. The van der Waals surface area contributed by atoms with E-state index in [-0.39, 0.29) is 11.2 Å². The number of carbonyl (C=O) groups is 1. The first-order chi connectivity index (χ1) is 18.2. The number of nitrogens with zero attached hydrogens (tertiary/aromatic N) is 4. The van der Waals surface area contributed by atoms with Crippen LogP contribution < -0.4 is 10.1 Å². The van der Waals surface area contributed by atoms with E-state index in [0.717, 1.165) is 41.5 Å². The van der Waals surface area contributed by atoms with Gasteiger partial charge in [-0.15, -0.1) is 0 Å². The molecule has 0 spiro atoms. The molecule has 4 aromatic rings. The quantitative estimate of drug-likeness (QED) is 0.295. The van der Waals surface area contributed by atoms with E-state index >= 15 is 0 Å². The van der Waals surface area contributed by atoms with Gasteiger partial charge in [0.05, 0.1) is 29.7 Å². The van der Waals surface area contributed by atoms with Gasteiger partial charge in [-0.1, -0.05) is 39.3 Å². The van der Waals surface area contributed by atoms with E-state index in [1.807, 2.05) is 41.9 Å². The highest BCUT2D eigenvalue weighted by Crippen LogP contribution is 2.30. The summed E-state index contributed by atoms with van der Waals surface area (Å²) in [6.07, 6.45) is 5.64. The van der Waals surface area contributed by atoms with E-state index in [1.54, 1.807) is 6.20 Å². The molecule has 1 aliphatic heterocycles. The zero-order valence-electron chi connectivity index (χ0n) is 22.8. The molecular formula is C31H37N5O2. The number of aryl methyl sites for hydroxylation is 1. The van der Waals surface area contributed by atoms with Gasteiger partial charge >= 0.3 is 0 Å². The molecule has 2 aromatic heterocycles. The molecular weight excluding hydrogens is 474 g/mol. The number of hydrogen-bond acceptors (Lipinski definition) is 6. The van der Waals surface area contributed by atoms with Crippen molar-refractivity contribution in [2.45, 2.75) is 51.9 Å². The lowest BCUT2D eigenvalue weighted by atomic mass is 9.87. The maximum Gasteiger partial charge on any atom is 0.208 e. The van der Waals surface area contributed by atoms with Crippen LogP contribution in [0, 0.1) is 0 Å². The lowest BCUT2D eigenvalue weighted by Gasteiger charge is -2.25. The van der Waals surface area contributed by atoms with Gasteiger partial charge in [0.25, 0.3) is 0 Å². The lowest BCUT2D eigenvalue weighted by Crippen LogP contribution is -2.35. The Labute approximate surface area is 224 Å². The summed E-state index contributed by atoms with van der Waals surface area (Å²) in [4.78, 5) is 24.1. The Kier molecular flexibility index (Phi) is 7.47. The maximum atomic E-state index is 12.6. The molecule has 0 atom stereocenters. The first-order valence-electron chi connectivity index (χ1n) is 13.5. The minimum atomic E-state index is 0.0731. The molecule has 1 aliphatic rings. The molecule has 0 unspecified atom stereocenters. The first-order valence-corrected chi connectivity index (χ1v) is 13.5. The number of imidazole rings is 1. The fourth-order valence-electron chi connectivity index (χ4n) is 4.92. The van der Waals surface area contributed by atoms with Gasteiger partial charge in [0.1, 0.15) is 11.5 Å². The number of hydrogen-bond donors (Lipinski definition) is 1. The average Bonchev–Trinajstić information content (AvgIpc) is 3.18. The second-order valence-electron chi connectivity index (χ2n) is 11.2. The molecule has 0 saturated carbocycles. The molecule has 1 N–H and O–H groups in total. The van der Waals surface area contributed by atoms with Crippen molar-refractivity contribution in [1.29, 1.82) is 0 Å². The van der Waals surface area contributed by atoms with Gasteiger partial charge in [0.2, 0.25) is 5.95 Å². The molecule has 0 radical (unpaired) electrons. The zero-order chi connectivity index (χ0) is 26.7. The van der Waals surface area contributed by atoms with Crippen LogP contribution in [0.1, 0.15) is 51.3 Å². The van der Waals surface area contributed by atoms with E-state index in [9.17, 15) is 4.79 Å². The number of anilines is 2. The Bertz CT molecular complexity index is 1430. The highest BCUT2D eigenvalue weighted by molar-refractivity contribution is 5.83. The number of fused-ring (bicyclic) bond motifs is 1. The summed E-state index contributed by atoms with van der Waals surface area (Å²) in [6.45, 7) is 9.16. The van der Waals surface area contributed by atoms with Crippen molar-refractivity contribution in [3.63, 3.8) is 0 Å². The van der Waals surface area contributed by atoms with Crippen LogP contribution in [-0.2, 0) is 23.7 Å². The van der Waals surface area contributed by atoms with Crippen LogP contribution in [0.25, 0.3) is 11.0 Å². The molecule has 0 bridgehead atoms. The van der Waals surface area contributed by atoms with Gasteiger partial charge < -0.3 is 14.6 Å². The Morgan fingerprint density at radius 2 is 1.79 bits per heavy atom.